The smallest absolute Gasteiger partial charge is 0.413 e. The molecular weight excluding hydrogens is 185 g/mol. The quantitative estimate of drug-likeness (QED) is 0.691. The van der Waals surface area contributed by atoms with Crippen molar-refractivity contribution in [1.82, 2.24) is 5.23 Å². The van der Waals surface area contributed by atoms with Gasteiger partial charge in [-0.25, -0.2) is 0 Å². The highest BCUT2D eigenvalue weighted by atomic mass is 16.5. The van der Waals surface area contributed by atoms with Crippen molar-refractivity contribution in [1.29, 1.82) is 0 Å². The maximum atomic E-state index is 6.04. The number of nitrogens with one attached hydrogen (secondary N) is 1. The van der Waals surface area contributed by atoms with Crippen LogP contribution < -0.4 is 10.7 Å². The Kier molecular flexibility index (Phi) is 2.51. The van der Waals surface area contributed by atoms with Gasteiger partial charge in [-0.15, -0.1) is 0 Å². The SMILES string of the molecule is c1ccc(B2NC3CCCC[C@H]3O2)cc1. The van der Waals surface area contributed by atoms with Gasteiger partial charge in [0, 0.05) is 6.04 Å². The first-order valence-corrected chi connectivity index (χ1v) is 5.90. The number of benzene rings is 1. The molecule has 78 valence electrons. The first-order valence-electron chi connectivity index (χ1n) is 5.90. The molecule has 0 radical (unpaired) electrons. The van der Waals surface area contributed by atoms with Gasteiger partial charge in [0.2, 0.25) is 0 Å². The Morgan fingerprint density at radius 3 is 2.73 bits per heavy atom. The fourth-order valence-corrected chi connectivity index (χ4v) is 2.66. The summed E-state index contributed by atoms with van der Waals surface area (Å²) in [5, 5.41) is 3.59. The molecule has 1 aliphatic heterocycles. The average Bonchev–Trinajstić information content (AvgIpc) is 2.74. The third kappa shape index (κ3) is 1.82. The summed E-state index contributed by atoms with van der Waals surface area (Å²) in [6.07, 6.45) is 5.61. The molecule has 1 N–H and O–H groups in total. The molecule has 0 spiro atoms. The predicted octanol–water partition coefficient (Wildman–Crippen LogP) is 1.31. The fraction of sp³-hybridized carbons (Fsp3) is 0.500. The van der Waals surface area contributed by atoms with E-state index in [2.05, 4.69) is 29.5 Å². The molecule has 1 heterocycles. The fourth-order valence-electron chi connectivity index (χ4n) is 2.66. The van der Waals surface area contributed by atoms with Gasteiger partial charge in [0.05, 0.1) is 6.10 Å². The molecule has 2 fully saturated rings. The van der Waals surface area contributed by atoms with Crippen molar-refractivity contribution < 1.29 is 4.65 Å². The van der Waals surface area contributed by atoms with E-state index in [4.69, 9.17) is 4.65 Å². The summed E-state index contributed by atoms with van der Waals surface area (Å²) in [7, 11) is 0.124. The Morgan fingerprint density at radius 2 is 1.93 bits per heavy atom. The highest BCUT2D eigenvalue weighted by Crippen LogP contribution is 2.25. The Bertz CT molecular complexity index is 316. The van der Waals surface area contributed by atoms with Crippen LogP contribution in [0.4, 0.5) is 0 Å². The number of fused-ring (bicyclic) bond motifs is 1. The lowest BCUT2D eigenvalue weighted by Crippen LogP contribution is -2.44. The van der Waals surface area contributed by atoms with E-state index in [1.807, 2.05) is 6.07 Å². The summed E-state index contributed by atoms with van der Waals surface area (Å²) in [4.78, 5) is 0. The van der Waals surface area contributed by atoms with Crippen LogP contribution in [0.5, 0.6) is 0 Å². The van der Waals surface area contributed by atoms with E-state index >= 15 is 0 Å². The summed E-state index contributed by atoms with van der Waals surface area (Å²) >= 11 is 0. The summed E-state index contributed by atoms with van der Waals surface area (Å²) in [6.45, 7) is 0. The van der Waals surface area contributed by atoms with Crippen LogP contribution in [0.25, 0.3) is 0 Å². The number of hydrogen-bond acceptors (Lipinski definition) is 2. The van der Waals surface area contributed by atoms with E-state index in [0.717, 1.165) is 0 Å². The van der Waals surface area contributed by atoms with Crippen LogP contribution in [-0.2, 0) is 4.65 Å². The largest absolute Gasteiger partial charge is 0.416 e. The lowest BCUT2D eigenvalue weighted by Gasteiger charge is -2.23. The molecule has 3 rings (SSSR count). The minimum absolute atomic E-state index is 0.124. The van der Waals surface area contributed by atoms with Gasteiger partial charge in [0.15, 0.2) is 0 Å². The summed E-state index contributed by atoms with van der Waals surface area (Å²) in [5.74, 6) is 0. The van der Waals surface area contributed by atoms with Crippen LogP contribution in [0.15, 0.2) is 30.3 Å². The van der Waals surface area contributed by atoms with E-state index in [9.17, 15) is 0 Å². The van der Waals surface area contributed by atoms with Crippen LogP contribution in [0.1, 0.15) is 25.7 Å². The molecular formula is C12H16BNO. The summed E-state index contributed by atoms with van der Waals surface area (Å²) < 4.78 is 6.04. The summed E-state index contributed by atoms with van der Waals surface area (Å²) in [6, 6.07) is 11.0. The zero-order chi connectivity index (χ0) is 10.1. The van der Waals surface area contributed by atoms with Gasteiger partial charge in [0.1, 0.15) is 0 Å². The summed E-state index contributed by atoms with van der Waals surface area (Å²) in [5.41, 5.74) is 1.26. The molecule has 2 atom stereocenters. The molecule has 0 bridgehead atoms. The van der Waals surface area contributed by atoms with E-state index in [1.54, 1.807) is 0 Å². The molecule has 2 nitrogen and oxygen atoms in total. The predicted molar refractivity (Wildman–Crippen MR) is 62.1 cm³/mol. The highest BCUT2D eigenvalue weighted by Gasteiger charge is 2.39. The van der Waals surface area contributed by atoms with Crippen LogP contribution >= 0.6 is 0 Å². The Hall–Kier alpha value is -0.795. The normalized spacial score (nSPS) is 30.3. The van der Waals surface area contributed by atoms with Gasteiger partial charge in [-0.2, -0.15) is 0 Å². The molecule has 1 aliphatic carbocycles. The standard InChI is InChI=1S/C12H16BNO/c1-2-6-10(7-3-1)13-14-11-8-4-5-9-12(11)15-13/h1-3,6-7,11-12,14H,4-5,8-9H2/t11?,12-/m1/s1. The van der Waals surface area contributed by atoms with Gasteiger partial charge in [-0.1, -0.05) is 43.2 Å². The molecule has 1 unspecified atom stereocenters. The Morgan fingerprint density at radius 1 is 1.13 bits per heavy atom. The van der Waals surface area contributed by atoms with Crippen molar-refractivity contribution in [3.8, 4) is 0 Å². The third-order valence-corrected chi connectivity index (χ3v) is 3.48. The van der Waals surface area contributed by atoms with E-state index in [-0.39, 0.29) is 7.05 Å². The number of hydrogen-bond donors (Lipinski definition) is 1. The van der Waals surface area contributed by atoms with E-state index in [1.165, 1.54) is 31.1 Å². The van der Waals surface area contributed by atoms with Crippen molar-refractivity contribution in [2.24, 2.45) is 0 Å². The lowest BCUT2D eigenvalue weighted by molar-refractivity contribution is 0.168. The monoisotopic (exact) mass is 201 g/mol. The van der Waals surface area contributed by atoms with Gasteiger partial charge in [0.25, 0.3) is 0 Å². The second-order valence-electron chi connectivity index (χ2n) is 4.52. The van der Waals surface area contributed by atoms with Gasteiger partial charge in [-0.05, 0) is 18.3 Å². The number of rotatable bonds is 1. The zero-order valence-corrected chi connectivity index (χ0v) is 8.86. The van der Waals surface area contributed by atoms with Crippen LogP contribution in [-0.4, -0.2) is 19.2 Å². The van der Waals surface area contributed by atoms with E-state index < -0.39 is 0 Å². The zero-order valence-electron chi connectivity index (χ0n) is 8.86. The lowest BCUT2D eigenvalue weighted by atomic mass is 9.74. The molecule has 3 heteroatoms. The third-order valence-electron chi connectivity index (χ3n) is 3.48. The van der Waals surface area contributed by atoms with Crippen molar-refractivity contribution in [3.63, 3.8) is 0 Å². The maximum absolute atomic E-state index is 6.04. The minimum atomic E-state index is 0.124. The molecule has 1 saturated carbocycles. The first-order chi connectivity index (χ1) is 7.43. The maximum Gasteiger partial charge on any atom is 0.416 e. The first kappa shape index (κ1) is 9.43. The van der Waals surface area contributed by atoms with Crippen molar-refractivity contribution in [2.45, 2.75) is 37.8 Å². The Labute approximate surface area is 91.2 Å². The van der Waals surface area contributed by atoms with Gasteiger partial charge in [-0.3, -0.25) is 0 Å². The average molecular weight is 201 g/mol. The molecule has 1 saturated heterocycles. The highest BCUT2D eigenvalue weighted by molar-refractivity contribution is 6.65. The van der Waals surface area contributed by atoms with Crippen LogP contribution in [0.2, 0.25) is 0 Å². The van der Waals surface area contributed by atoms with Crippen molar-refractivity contribution >= 4 is 12.5 Å². The molecule has 2 aliphatic rings. The van der Waals surface area contributed by atoms with E-state index in [0.29, 0.717) is 12.1 Å². The molecule has 0 aromatic heterocycles. The molecule has 0 amide bonds. The second kappa shape index (κ2) is 3.99. The van der Waals surface area contributed by atoms with Crippen LogP contribution in [0, 0.1) is 0 Å². The molecule has 1 aromatic rings. The van der Waals surface area contributed by atoms with Crippen LogP contribution in [0.3, 0.4) is 0 Å². The van der Waals surface area contributed by atoms with Gasteiger partial charge < -0.3 is 9.88 Å². The van der Waals surface area contributed by atoms with Gasteiger partial charge >= 0.3 is 7.05 Å². The van der Waals surface area contributed by atoms with Crippen molar-refractivity contribution in [3.05, 3.63) is 30.3 Å². The molecule has 15 heavy (non-hydrogen) atoms. The molecule has 1 aromatic carbocycles. The topological polar surface area (TPSA) is 21.3 Å². The van der Waals surface area contributed by atoms with Crippen molar-refractivity contribution in [2.75, 3.05) is 0 Å². The Balaban J connectivity index is 1.75. The second-order valence-corrected chi connectivity index (χ2v) is 4.52. The minimum Gasteiger partial charge on any atom is -0.413 e.